The van der Waals surface area contributed by atoms with Crippen LogP contribution < -0.4 is 5.48 Å². The third-order valence-electron chi connectivity index (χ3n) is 4.19. The van der Waals surface area contributed by atoms with E-state index in [-0.39, 0.29) is 22.5 Å². The lowest BCUT2D eigenvalue weighted by atomic mass is 9.78. The molecule has 1 aromatic carbocycles. The van der Waals surface area contributed by atoms with E-state index in [2.05, 4.69) is 0 Å². The van der Waals surface area contributed by atoms with Crippen LogP contribution in [0.1, 0.15) is 58.2 Å². The Kier molecular flexibility index (Phi) is 5.44. The number of nitrogens with zero attached hydrogens (tertiary/aromatic N) is 1. The van der Waals surface area contributed by atoms with E-state index in [1.807, 2.05) is 53.7 Å². The number of rotatable bonds is 1. The zero-order valence-electron chi connectivity index (χ0n) is 16.0. The zero-order valence-corrected chi connectivity index (χ0v) is 16.8. The van der Waals surface area contributed by atoms with E-state index in [4.69, 9.17) is 5.21 Å². The highest BCUT2D eigenvalue weighted by Crippen LogP contribution is 2.41. The monoisotopic (exact) mass is 378 g/mol. The molecule has 1 aliphatic heterocycles. The van der Waals surface area contributed by atoms with Crippen molar-refractivity contribution in [1.82, 2.24) is 10.4 Å². The Morgan fingerprint density at radius 1 is 1.15 bits per heavy atom. The second-order valence-corrected chi connectivity index (χ2v) is 9.38. The molecule has 3 N–H and O–H groups in total. The number of urea groups is 1. The van der Waals surface area contributed by atoms with Crippen molar-refractivity contribution >= 4 is 29.8 Å². The number of benzene rings is 1. The molecule has 0 saturated carbocycles. The van der Waals surface area contributed by atoms with Crippen molar-refractivity contribution in [2.75, 3.05) is 5.88 Å². The second kappa shape index (κ2) is 6.96. The molecule has 1 heterocycles. The molecule has 6 nitrogen and oxygen atoms in total. The number of carbonyl (C=O) groups excluding carboxylic acids is 2. The first-order chi connectivity index (χ1) is 11.9. The van der Waals surface area contributed by atoms with Gasteiger partial charge in [0.15, 0.2) is 0 Å². The number of hydroxylamine groups is 1. The van der Waals surface area contributed by atoms with E-state index in [0.717, 1.165) is 21.6 Å². The molecule has 0 bridgehead atoms. The van der Waals surface area contributed by atoms with Crippen LogP contribution in [-0.4, -0.2) is 33.0 Å². The number of hydrogen-bond acceptors (Lipinski definition) is 5. The van der Waals surface area contributed by atoms with Crippen LogP contribution in [0.25, 0.3) is 6.08 Å². The second-order valence-electron chi connectivity index (χ2n) is 8.40. The number of hydrogen-bond donors (Lipinski definition) is 3. The molecule has 1 aliphatic rings. The van der Waals surface area contributed by atoms with E-state index >= 15 is 0 Å². The molecular weight excluding hydrogens is 352 g/mol. The van der Waals surface area contributed by atoms with Crippen LogP contribution in [0.3, 0.4) is 0 Å². The van der Waals surface area contributed by atoms with Gasteiger partial charge in [-0.1, -0.05) is 53.3 Å². The molecule has 1 fully saturated rings. The first-order valence-corrected chi connectivity index (χ1v) is 9.33. The minimum atomic E-state index is -0.845. The Balaban J connectivity index is 2.54. The maximum atomic E-state index is 12.4. The fourth-order valence-electron chi connectivity index (χ4n) is 2.74. The van der Waals surface area contributed by atoms with Crippen molar-refractivity contribution < 1.29 is 19.9 Å². The minimum absolute atomic E-state index is 0.146. The smallest absolute Gasteiger partial charge is 0.348 e. The molecule has 3 amide bonds. The van der Waals surface area contributed by atoms with Crippen LogP contribution in [0.15, 0.2) is 17.0 Å². The van der Waals surface area contributed by atoms with Gasteiger partial charge in [0.1, 0.15) is 5.75 Å². The highest BCUT2D eigenvalue weighted by Gasteiger charge is 2.32. The summed E-state index contributed by atoms with van der Waals surface area (Å²) in [7, 11) is 0. The molecule has 0 spiro atoms. The van der Waals surface area contributed by atoms with Crippen LogP contribution in [0, 0.1) is 0 Å². The quantitative estimate of drug-likeness (QED) is 0.391. The summed E-state index contributed by atoms with van der Waals surface area (Å²) in [6.07, 6.45) is 1.72. The van der Waals surface area contributed by atoms with Gasteiger partial charge in [0, 0.05) is 11.1 Å². The first kappa shape index (κ1) is 20.3. The van der Waals surface area contributed by atoms with E-state index in [1.54, 1.807) is 6.08 Å². The lowest BCUT2D eigenvalue weighted by molar-refractivity contribution is -0.122. The van der Waals surface area contributed by atoms with Gasteiger partial charge >= 0.3 is 6.03 Å². The summed E-state index contributed by atoms with van der Waals surface area (Å²) < 4.78 is 0. The lowest BCUT2D eigenvalue weighted by Gasteiger charge is -2.28. The molecule has 1 saturated heterocycles. The number of aromatic hydroxyl groups is 1. The minimum Gasteiger partial charge on any atom is -0.507 e. The molecule has 142 valence electrons. The van der Waals surface area contributed by atoms with Crippen molar-refractivity contribution in [1.29, 1.82) is 0 Å². The van der Waals surface area contributed by atoms with Crippen LogP contribution in [0.4, 0.5) is 4.79 Å². The number of thioether (sulfide) groups is 1. The van der Waals surface area contributed by atoms with Crippen molar-refractivity contribution in [2.45, 2.75) is 52.4 Å². The Morgan fingerprint density at radius 2 is 1.65 bits per heavy atom. The number of nitrogens with one attached hydrogen (secondary N) is 1. The largest absolute Gasteiger partial charge is 0.507 e. The maximum absolute atomic E-state index is 12.4. The fourth-order valence-corrected chi connectivity index (χ4v) is 3.69. The van der Waals surface area contributed by atoms with Gasteiger partial charge in [-0.2, -0.15) is 0 Å². The molecule has 2 rings (SSSR count). The van der Waals surface area contributed by atoms with E-state index in [9.17, 15) is 14.7 Å². The maximum Gasteiger partial charge on any atom is 0.348 e. The van der Waals surface area contributed by atoms with Crippen molar-refractivity contribution in [3.05, 3.63) is 33.7 Å². The normalized spacial score (nSPS) is 17.1. The Hall–Kier alpha value is -1.99. The van der Waals surface area contributed by atoms with Crippen LogP contribution in [-0.2, 0) is 15.6 Å². The Morgan fingerprint density at radius 3 is 2.08 bits per heavy atom. The SMILES string of the molecule is CC(C)(C)c1cc(C=C2SCN(C(=O)NO)C2=O)cc(C(C)(C)C)c1O. The summed E-state index contributed by atoms with van der Waals surface area (Å²) in [6.45, 7) is 12.1. The van der Waals surface area contributed by atoms with Gasteiger partial charge in [-0.3, -0.25) is 10.0 Å². The van der Waals surface area contributed by atoms with Gasteiger partial charge in [0.05, 0.1) is 10.8 Å². The van der Waals surface area contributed by atoms with Gasteiger partial charge in [0.2, 0.25) is 0 Å². The van der Waals surface area contributed by atoms with E-state index < -0.39 is 11.9 Å². The van der Waals surface area contributed by atoms with Gasteiger partial charge in [-0.15, -0.1) is 0 Å². The highest BCUT2D eigenvalue weighted by molar-refractivity contribution is 8.04. The summed E-state index contributed by atoms with van der Waals surface area (Å²) in [5, 5.41) is 19.5. The van der Waals surface area contributed by atoms with Crippen molar-refractivity contribution in [3.63, 3.8) is 0 Å². The summed E-state index contributed by atoms with van der Waals surface area (Å²) in [5.41, 5.74) is 3.34. The molecule has 7 heteroatoms. The van der Waals surface area contributed by atoms with Crippen LogP contribution in [0.5, 0.6) is 5.75 Å². The summed E-state index contributed by atoms with van der Waals surface area (Å²) in [5.74, 6) is -0.0315. The molecule has 0 unspecified atom stereocenters. The number of amides is 3. The van der Waals surface area contributed by atoms with Gasteiger partial charge in [0.25, 0.3) is 5.91 Å². The Bertz CT molecular complexity index is 738. The van der Waals surface area contributed by atoms with Crippen molar-refractivity contribution in [3.8, 4) is 5.75 Å². The van der Waals surface area contributed by atoms with Crippen LogP contribution in [0.2, 0.25) is 0 Å². The highest BCUT2D eigenvalue weighted by atomic mass is 32.2. The number of imide groups is 1. The van der Waals surface area contributed by atoms with Gasteiger partial charge < -0.3 is 5.11 Å². The van der Waals surface area contributed by atoms with Gasteiger partial charge in [-0.05, 0) is 34.6 Å². The third kappa shape index (κ3) is 4.04. The summed E-state index contributed by atoms with van der Waals surface area (Å²) in [6, 6.07) is 2.91. The predicted molar refractivity (Wildman–Crippen MR) is 103 cm³/mol. The summed E-state index contributed by atoms with van der Waals surface area (Å²) >= 11 is 1.23. The molecule has 26 heavy (non-hydrogen) atoms. The first-order valence-electron chi connectivity index (χ1n) is 8.34. The van der Waals surface area contributed by atoms with E-state index in [0.29, 0.717) is 4.91 Å². The average molecular weight is 378 g/mol. The fraction of sp³-hybridized carbons (Fsp3) is 0.474. The third-order valence-corrected chi connectivity index (χ3v) is 5.18. The molecule has 0 radical (unpaired) electrons. The number of phenols is 1. The van der Waals surface area contributed by atoms with Crippen molar-refractivity contribution in [2.24, 2.45) is 0 Å². The lowest BCUT2D eigenvalue weighted by Crippen LogP contribution is -2.39. The molecule has 1 aromatic rings. The topological polar surface area (TPSA) is 89.9 Å². The molecule has 0 aliphatic carbocycles. The molecule has 0 atom stereocenters. The zero-order chi connectivity index (χ0) is 19.9. The molecular formula is C19H26N2O4S. The van der Waals surface area contributed by atoms with E-state index in [1.165, 1.54) is 17.2 Å². The summed E-state index contributed by atoms with van der Waals surface area (Å²) in [4.78, 5) is 25.2. The number of phenolic OH excluding ortho intramolecular Hbond substituents is 1. The van der Waals surface area contributed by atoms with Crippen LogP contribution >= 0.6 is 11.8 Å². The Labute approximate surface area is 158 Å². The number of carbonyl (C=O) groups is 2. The predicted octanol–water partition coefficient (Wildman–Crippen LogP) is 3.96. The average Bonchev–Trinajstić information content (AvgIpc) is 2.87. The standard InChI is InChI=1S/C19H26N2O4S/c1-18(2,3)12-7-11(8-13(15(12)22)19(4,5)6)9-14-16(23)21(10-26-14)17(24)20-25/h7-9,22,25H,10H2,1-6H3,(H,20,24). The molecule has 0 aromatic heterocycles. The van der Waals surface area contributed by atoms with Gasteiger partial charge in [-0.25, -0.2) is 15.2 Å².